The van der Waals surface area contributed by atoms with Crippen LogP contribution in [0.4, 0.5) is 5.69 Å². The molecule has 0 spiro atoms. The molecular formula is C16H15ClN2O5. The second-order valence-electron chi connectivity index (χ2n) is 4.78. The molecule has 126 valence electrons. The molecule has 1 amide bonds. The van der Waals surface area contributed by atoms with Crippen LogP contribution >= 0.6 is 11.6 Å². The van der Waals surface area contributed by atoms with E-state index in [9.17, 15) is 14.9 Å². The van der Waals surface area contributed by atoms with Crippen molar-refractivity contribution in [3.8, 4) is 11.5 Å². The third-order valence-corrected chi connectivity index (χ3v) is 3.36. The summed E-state index contributed by atoms with van der Waals surface area (Å²) in [7, 11) is 1.57. The number of ether oxygens (including phenoxy) is 2. The molecule has 0 bridgehead atoms. The number of hydrogen-bond donors (Lipinski definition) is 1. The van der Waals surface area contributed by atoms with Gasteiger partial charge in [-0.2, -0.15) is 0 Å². The van der Waals surface area contributed by atoms with E-state index >= 15 is 0 Å². The molecule has 0 atom stereocenters. The van der Waals surface area contributed by atoms with Crippen LogP contribution in [0.5, 0.6) is 11.5 Å². The minimum atomic E-state index is -0.615. The third-order valence-electron chi connectivity index (χ3n) is 3.13. The minimum Gasteiger partial charge on any atom is -0.497 e. The molecule has 2 aromatic carbocycles. The zero-order valence-corrected chi connectivity index (χ0v) is 13.6. The van der Waals surface area contributed by atoms with E-state index in [2.05, 4.69) is 5.32 Å². The summed E-state index contributed by atoms with van der Waals surface area (Å²) in [6.45, 7) is -0.0203. The molecule has 2 aromatic rings. The first-order valence-corrected chi connectivity index (χ1v) is 7.34. The molecule has 8 heteroatoms. The fraction of sp³-hybridized carbons (Fsp3) is 0.188. The molecule has 24 heavy (non-hydrogen) atoms. The first-order valence-electron chi connectivity index (χ1n) is 6.96. The van der Waals surface area contributed by atoms with Gasteiger partial charge in [-0.15, -0.1) is 0 Å². The molecule has 2 rings (SSSR count). The van der Waals surface area contributed by atoms with Crippen LogP contribution in [0.1, 0.15) is 5.56 Å². The fourth-order valence-corrected chi connectivity index (χ4v) is 2.06. The maximum atomic E-state index is 11.8. The minimum absolute atomic E-state index is 0.0102. The molecule has 0 fully saturated rings. The van der Waals surface area contributed by atoms with Gasteiger partial charge < -0.3 is 14.8 Å². The molecule has 0 aliphatic heterocycles. The molecule has 0 aliphatic carbocycles. The van der Waals surface area contributed by atoms with E-state index in [1.165, 1.54) is 18.2 Å². The molecule has 0 saturated carbocycles. The monoisotopic (exact) mass is 350 g/mol. The highest BCUT2D eigenvalue weighted by Crippen LogP contribution is 2.29. The number of nitro groups is 1. The Morgan fingerprint density at radius 2 is 1.96 bits per heavy atom. The second-order valence-corrected chi connectivity index (χ2v) is 5.22. The summed E-state index contributed by atoms with van der Waals surface area (Å²) < 4.78 is 10.3. The van der Waals surface area contributed by atoms with Crippen LogP contribution in [-0.2, 0) is 11.3 Å². The Balaban J connectivity index is 1.88. The Kier molecular flexibility index (Phi) is 5.97. The number of nitrogens with zero attached hydrogens (tertiary/aromatic N) is 1. The number of rotatable bonds is 7. The molecule has 0 heterocycles. The van der Waals surface area contributed by atoms with Crippen molar-refractivity contribution in [1.29, 1.82) is 0 Å². The zero-order chi connectivity index (χ0) is 17.5. The number of methoxy groups -OCH3 is 1. The maximum absolute atomic E-state index is 11.8. The number of carbonyl (C=O) groups excluding carboxylic acids is 1. The summed E-state index contributed by atoms with van der Waals surface area (Å²) in [6, 6.07) is 11.2. The Labute approximate surface area is 143 Å². The van der Waals surface area contributed by atoms with Crippen molar-refractivity contribution in [2.24, 2.45) is 0 Å². The number of carbonyl (C=O) groups is 1. The van der Waals surface area contributed by atoms with Gasteiger partial charge in [0, 0.05) is 17.6 Å². The van der Waals surface area contributed by atoms with Crippen molar-refractivity contribution in [3.63, 3.8) is 0 Å². The first-order chi connectivity index (χ1) is 11.5. The van der Waals surface area contributed by atoms with Gasteiger partial charge in [0.25, 0.3) is 5.91 Å². The maximum Gasteiger partial charge on any atom is 0.312 e. The molecule has 0 unspecified atom stereocenters. The highest BCUT2D eigenvalue weighted by Gasteiger charge is 2.16. The average Bonchev–Trinajstić information content (AvgIpc) is 2.59. The van der Waals surface area contributed by atoms with Crippen LogP contribution in [0.2, 0.25) is 5.02 Å². The molecular weight excluding hydrogens is 336 g/mol. The Morgan fingerprint density at radius 3 is 2.58 bits per heavy atom. The lowest BCUT2D eigenvalue weighted by Crippen LogP contribution is -2.28. The van der Waals surface area contributed by atoms with Gasteiger partial charge >= 0.3 is 5.69 Å². The molecule has 0 radical (unpaired) electrons. The van der Waals surface area contributed by atoms with Crippen molar-refractivity contribution in [2.75, 3.05) is 13.7 Å². The highest BCUT2D eigenvalue weighted by molar-refractivity contribution is 6.30. The Bertz CT molecular complexity index is 734. The van der Waals surface area contributed by atoms with E-state index in [-0.39, 0.29) is 23.1 Å². The number of halogens is 1. The molecule has 7 nitrogen and oxygen atoms in total. The smallest absolute Gasteiger partial charge is 0.312 e. The predicted octanol–water partition coefficient (Wildman–Crippen LogP) is 2.95. The quantitative estimate of drug-likeness (QED) is 0.612. The lowest BCUT2D eigenvalue weighted by molar-refractivity contribution is -0.385. The zero-order valence-electron chi connectivity index (χ0n) is 12.8. The Morgan fingerprint density at radius 1 is 1.25 bits per heavy atom. The van der Waals surface area contributed by atoms with Gasteiger partial charge in [0.2, 0.25) is 0 Å². The second kappa shape index (κ2) is 8.16. The molecule has 0 saturated heterocycles. The third kappa shape index (κ3) is 4.85. The number of hydrogen-bond acceptors (Lipinski definition) is 5. The van der Waals surface area contributed by atoms with Gasteiger partial charge in [-0.3, -0.25) is 14.9 Å². The SMILES string of the molecule is COc1ccc(CNC(=O)COc2ccc(Cl)cc2[N+](=O)[O-])cc1. The van der Waals surface area contributed by atoms with Crippen LogP contribution in [0, 0.1) is 10.1 Å². The highest BCUT2D eigenvalue weighted by atomic mass is 35.5. The Hall–Kier alpha value is -2.80. The van der Waals surface area contributed by atoms with Gasteiger partial charge in [-0.25, -0.2) is 0 Å². The topological polar surface area (TPSA) is 90.7 Å². The summed E-state index contributed by atoms with van der Waals surface area (Å²) in [5, 5.41) is 13.8. The summed E-state index contributed by atoms with van der Waals surface area (Å²) in [5.74, 6) is 0.322. The van der Waals surface area contributed by atoms with E-state index in [1.54, 1.807) is 19.2 Å². The summed E-state index contributed by atoms with van der Waals surface area (Å²) in [4.78, 5) is 22.1. The van der Waals surface area contributed by atoms with Gasteiger partial charge in [0.15, 0.2) is 12.4 Å². The number of amides is 1. The van der Waals surface area contributed by atoms with E-state index in [0.29, 0.717) is 6.54 Å². The lowest BCUT2D eigenvalue weighted by Gasteiger charge is -2.08. The number of nitrogens with one attached hydrogen (secondary N) is 1. The van der Waals surface area contributed by atoms with E-state index in [0.717, 1.165) is 11.3 Å². The summed E-state index contributed by atoms with van der Waals surface area (Å²) >= 11 is 5.71. The summed E-state index contributed by atoms with van der Waals surface area (Å²) in [5.41, 5.74) is 0.604. The molecule has 1 N–H and O–H groups in total. The molecule has 0 aliphatic rings. The van der Waals surface area contributed by atoms with Crippen molar-refractivity contribution in [2.45, 2.75) is 6.54 Å². The van der Waals surface area contributed by atoms with Crippen LogP contribution in [0.3, 0.4) is 0 Å². The van der Waals surface area contributed by atoms with Crippen LogP contribution in [0.25, 0.3) is 0 Å². The summed E-state index contributed by atoms with van der Waals surface area (Å²) in [6.07, 6.45) is 0. The van der Waals surface area contributed by atoms with Gasteiger partial charge in [-0.05, 0) is 29.8 Å². The number of benzene rings is 2. The molecule has 0 aromatic heterocycles. The number of nitro benzene ring substituents is 1. The van der Waals surface area contributed by atoms with Crippen molar-refractivity contribution in [3.05, 3.63) is 63.2 Å². The van der Waals surface area contributed by atoms with E-state index < -0.39 is 10.8 Å². The van der Waals surface area contributed by atoms with Crippen LogP contribution < -0.4 is 14.8 Å². The van der Waals surface area contributed by atoms with Crippen LogP contribution in [0.15, 0.2) is 42.5 Å². The standard InChI is InChI=1S/C16H15ClN2O5/c1-23-13-5-2-11(3-6-13)9-18-16(20)10-24-15-7-4-12(17)8-14(15)19(21)22/h2-8H,9-10H2,1H3,(H,18,20). The van der Waals surface area contributed by atoms with Gasteiger partial charge in [0.1, 0.15) is 5.75 Å². The normalized spacial score (nSPS) is 10.1. The first kappa shape index (κ1) is 17.6. The average molecular weight is 351 g/mol. The van der Waals surface area contributed by atoms with E-state index in [4.69, 9.17) is 21.1 Å². The largest absolute Gasteiger partial charge is 0.497 e. The predicted molar refractivity (Wildman–Crippen MR) is 88.4 cm³/mol. The fourth-order valence-electron chi connectivity index (χ4n) is 1.89. The van der Waals surface area contributed by atoms with E-state index in [1.807, 2.05) is 12.1 Å². The van der Waals surface area contributed by atoms with Crippen molar-refractivity contribution < 1.29 is 19.2 Å². The van der Waals surface area contributed by atoms with Gasteiger partial charge in [-0.1, -0.05) is 23.7 Å². The van der Waals surface area contributed by atoms with Crippen molar-refractivity contribution >= 4 is 23.2 Å². The van der Waals surface area contributed by atoms with Gasteiger partial charge in [0.05, 0.1) is 12.0 Å². The van der Waals surface area contributed by atoms with Crippen molar-refractivity contribution in [1.82, 2.24) is 5.32 Å². The van der Waals surface area contributed by atoms with Crippen LogP contribution in [-0.4, -0.2) is 24.5 Å². The lowest BCUT2D eigenvalue weighted by atomic mass is 10.2.